The molecular formula is C18H25NO. The van der Waals surface area contributed by atoms with Gasteiger partial charge in [0, 0.05) is 13.1 Å². The van der Waals surface area contributed by atoms with E-state index in [0.29, 0.717) is 11.5 Å². The highest BCUT2D eigenvalue weighted by atomic mass is 16.5. The molecule has 0 amide bonds. The summed E-state index contributed by atoms with van der Waals surface area (Å²) in [4.78, 5) is 2.53. The van der Waals surface area contributed by atoms with Crippen LogP contribution in [0.1, 0.15) is 37.9 Å². The van der Waals surface area contributed by atoms with Crippen LogP contribution in [-0.4, -0.2) is 30.6 Å². The fourth-order valence-corrected chi connectivity index (χ4v) is 4.03. The summed E-state index contributed by atoms with van der Waals surface area (Å²) in [5.41, 5.74) is 1.78. The molecule has 2 nitrogen and oxygen atoms in total. The molecule has 0 saturated carbocycles. The standard InChI is InChI=1S/C18H25NO/c1-3-10-19-11-9-18(14-19)12-15(2)20-17(13-18)16-7-5-4-6-8-16/h3-8,15,17H,1,9-14H2,2H3/t15-,17+,18-/m1/s1. The van der Waals surface area contributed by atoms with E-state index in [1.54, 1.807) is 0 Å². The second-order valence-corrected chi connectivity index (χ2v) is 6.53. The van der Waals surface area contributed by atoms with E-state index < -0.39 is 0 Å². The van der Waals surface area contributed by atoms with Crippen molar-refractivity contribution < 1.29 is 4.74 Å². The molecule has 0 bridgehead atoms. The lowest BCUT2D eigenvalue weighted by Gasteiger charge is -2.41. The van der Waals surface area contributed by atoms with Crippen molar-refractivity contribution in [3.8, 4) is 0 Å². The zero-order valence-corrected chi connectivity index (χ0v) is 12.4. The van der Waals surface area contributed by atoms with E-state index in [0.717, 1.165) is 13.0 Å². The van der Waals surface area contributed by atoms with E-state index in [9.17, 15) is 0 Å². The minimum Gasteiger partial charge on any atom is -0.371 e. The van der Waals surface area contributed by atoms with Gasteiger partial charge in [0.15, 0.2) is 0 Å². The van der Waals surface area contributed by atoms with Gasteiger partial charge in [-0.2, -0.15) is 0 Å². The molecule has 20 heavy (non-hydrogen) atoms. The van der Waals surface area contributed by atoms with Gasteiger partial charge in [0.05, 0.1) is 12.2 Å². The number of likely N-dealkylation sites (tertiary alicyclic amines) is 1. The number of hydrogen-bond donors (Lipinski definition) is 0. The maximum atomic E-state index is 6.22. The quantitative estimate of drug-likeness (QED) is 0.775. The first-order valence-corrected chi connectivity index (χ1v) is 7.74. The van der Waals surface area contributed by atoms with Crippen LogP contribution in [0.15, 0.2) is 43.0 Å². The summed E-state index contributed by atoms with van der Waals surface area (Å²) in [7, 11) is 0. The van der Waals surface area contributed by atoms with Crippen molar-refractivity contribution in [1.82, 2.24) is 4.90 Å². The Morgan fingerprint density at radius 2 is 2.15 bits per heavy atom. The second kappa shape index (κ2) is 5.71. The van der Waals surface area contributed by atoms with Gasteiger partial charge in [-0.1, -0.05) is 36.4 Å². The van der Waals surface area contributed by atoms with Crippen LogP contribution in [0, 0.1) is 5.41 Å². The molecule has 3 rings (SSSR count). The third-order valence-electron chi connectivity index (χ3n) is 4.81. The third kappa shape index (κ3) is 2.82. The smallest absolute Gasteiger partial charge is 0.0834 e. The fraction of sp³-hybridized carbons (Fsp3) is 0.556. The largest absolute Gasteiger partial charge is 0.371 e. The average Bonchev–Trinajstić information content (AvgIpc) is 2.81. The lowest BCUT2D eigenvalue weighted by molar-refractivity contribution is -0.0944. The molecule has 0 aliphatic carbocycles. The molecule has 0 unspecified atom stereocenters. The first-order valence-electron chi connectivity index (χ1n) is 7.74. The van der Waals surface area contributed by atoms with Crippen LogP contribution >= 0.6 is 0 Å². The lowest BCUT2D eigenvalue weighted by Crippen LogP contribution is -2.38. The summed E-state index contributed by atoms with van der Waals surface area (Å²) in [5, 5.41) is 0. The molecular weight excluding hydrogens is 246 g/mol. The highest BCUT2D eigenvalue weighted by Crippen LogP contribution is 2.48. The van der Waals surface area contributed by atoms with Gasteiger partial charge in [0.25, 0.3) is 0 Å². The molecule has 0 radical (unpaired) electrons. The minimum atomic E-state index is 0.267. The van der Waals surface area contributed by atoms with Gasteiger partial charge >= 0.3 is 0 Å². The van der Waals surface area contributed by atoms with Crippen LogP contribution in [0.4, 0.5) is 0 Å². The maximum Gasteiger partial charge on any atom is 0.0834 e. The molecule has 2 heterocycles. The van der Waals surface area contributed by atoms with E-state index >= 15 is 0 Å². The van der Waals surface area contributed by atoms with E-state index in [2.05, 4.69) is 48.7 Å². The molecule has 1 spiro atoms. The Balaban J connectivity index is 1.75. The second-order valence-electron chi connectivity index (χ2n) is 6.53. The highest BCUT2D eigenvalue weighted by Gasteiger charge is 2.44. The van der Waals surface area contributed by atoms with Gasteiger partial charge in [-0.15, -0.1) is 6.58 Å². The summed E-state index contributed by atoms with van der Waals surface area (Å²) in [6, 6.07) is 10.7. The summed E-state index contributed by atoms with van der Waals surface area (Å²) >= 11 is 0. The lowest BCUT2D eigenvalue weighted by atomic mass is 9.74. The number of nitrogens with zero attached hydrogens (tertiary/aromatic N) is 1. The molecule has 1 aromatic rings. The normalized spacial score (nSPS) is 34.5. The molecule has 108 valence electrons. The third-order valence-corrected chi connectivity index (χ3v) is 4.81. The van der Waals surface area contributed by atoms with Gasteiger partial charge in [-0.25, -0.2) is 0 Å². The van der Waals surface area contributed by atoms with Gasteiger partial charge in [-0.05, 0) is 43.7 Å². The Labute approximate surface area is 122 Å². The Hall–Kier alpha value is -1.12. The first kappa shape index (κ1) is 13.8. The molecule has 2 aliphatic heterocycles. The number of rotatable bonds is 3. The van der Waals surface area contributed by atoms with Crippen molar-refractivity contribution in [3.05, 3.63) is 48.6 Å². The summed E-state index contributed by atoms with van der Waals surface area (Å²) in [5.74, 6) is 0. The van der Waals surface area contributed by atoms with Crippen molar-refractivity contribution in [2.45, 2.75) is 38.4 Å². The van der Waals surface area contributed by atoms with Crippen LogP contribution in [0.5, 0.6) is 0 Å². The van der Waals surface area contributed by atoms with Gasteiger partial charge in [0.2, 0.25) is 0 Å². The fourth-order valence-electron chi connectivity index (χ4n) is 4.03. The summed E-state index contributed by atoms with van der Waals surface area (Å²) in [6.07, 6.45) is 6.31. The molecule has 2 fully saturated rings. The SMILES string of the molecule is C=CCN1CC[C@]2(C[C@@H](C)O[C@H](c3ccccc3)C2)C1. The molecule has 3 atom stereocenters. The summed E-state index contributed by atoms with van der Waals surface area (Å²) in [6.45, 7) is 9.53. The molecule has 1 aromatic carbocycles. The molecule has 0 N–H and O–H groups in total. The molecule has 2 heteroatoms. The number of benzene rings is 1. The van der Waals surface area contributed by atoms with Crippen molar-refractivity contribution in [2.75, 3.05) is 19.6 Å². The Morgan fingerprint density at radius 1 is 1.35 bits per heavy atom. The first-order chi connectivity index (χ1) is 9.71. The zero-order chi connectivity index (χ0) is 14.0. The Morgan fingerprint density at radius 3 is 2.90 bits per heavy atom. The van der Waals surface area contributed by atoms with Crippen LogP contribution < -0.4 is 0 Å². The number of hydrogen-bond acceptors (Lipinski definition) is 2. The number of ether oxygens (including phenoxy) is 1. The summed E-state index contributed by atoms with van der Waals surface area (Å²) < 4.78 is 6.22. The van der Waals surface area contributed by atoms with E-state index in [1.165, 1.54) is 31.5 Å². The van der Waals surface area contributed by atoms with Gasteiger partial charge < -0.3 is 4.74 Å². The van der Waals surface area contributed by atoms with Crippen LogP contribution in [0.3, 0.4) is 0 Å². The van der Waals surface area contributed by atoms with E-state index in [4.69, 9.17) is 4.74 Å². The zero-order valence-electron chi connectivity index (χ0n) is 12.4. The van der Waals surface area contributed by atoms with Crippen LogP contribution in [0.25, 0.3) is 0 Å². The van der Waals surface area contributed by atoms with Crippen molar-refractivity contribution in [1.29, 1.82) is 0 Å². The Kier molecular flexibility index (Phi) is 3.95. The maximum absolute atomic E-state index is 6.22. The molecule has 2 aliphatic rings. The van der Waals surface area contributed by atoms with Crippen LogP contribution in [0.2, 0.25) is 0 Å². The molecule has 2 saturated heterocycles. The van der Waals surface area contributed by atoms with E-state index in [-0.39, 0.29) is 6.10 Å². The van der Waals surface area contributed by atoms with Crippen molar-refractivity contribution >= 4 is 0 Å². The van der Waals surface area contributed by atoms with Crippen molar-refractivity contribution in [3.63, 3.8) is 0 Å². The Bertz CT molecular complexity index is 458. The predicted molar refractivity (Wildman–Crippen MR) is 82.7 cm³/mol. The minimum absolute atomic E-state index is 0.267. The van der Waals surface area contributed by atoms with Crippen molar-refractivity contribution in [2.24, 2.45) is 5.41 Å². The monoisotopic (exact) mass is 271 g/mol. The highest BCUT2D eigenvalue weighted by molar-refractivity contribution is 5.19. The van der Waals surface area contributed by atoms with E-state index in [1.807, 2.05) is 6.08 Å². The topological polar surface area (TPSA) is 12.5 Å². The van der Waals surface area contributed by atoms with Gasteiger partial charge in [-0.3, -0.25) is 4.90 Å². The molecule has 0 aromatic heterocycles. The average molecular weight is 271 g/mol. The van der Waals surface area contributed by atoms with Gasteiger partial charge in [0.1, 0.15) is 0 Å². The van der Waals surface area contributed by atoms with Crippen LogP contribution in [-0.2, 0) is 4.74 Å². The predicted octanol–water partition coefficient (Wildman–Crippen LogP) is 3.80.